The van der Waals surface area contributed by atoms with E-state index >= 15 is 0 Å². The monoisotopic (exact) mass is 223 g/mol. The number of hydrogen-bond donors (Lipinski definition) is 3. The van der Waals surface area contributed by atoms with Gasteiger partial charge in [0.2, 0.25) is 0 Å². The molecule has 0 fully saturated rings. The lowest BCUT2D eigenvalue weighted by molar-refractivity contribution is -0.140. The van der Waals surface area contributed by atoms with E-state index in [0.717, 1.165) is 0 Å². The Bertz CT molecular complexity index is 313. The van der Waals surface area contributed by atoms with Crippen molar-refractivity contribution in [2.45, 2.75) is 12.5 Å². The fourth-order valence-corrected chi connectivity index (χ4v) is 0.910. The van der Waals surface area contributed by atoms with Crippen LogP contribution in [0, 0.1) is 5.92 Å². The summed E-state index contributed by atoms with van der Waals surface area (Å²) in [5.74, 6) is -1.13. The molecule has 0 aromatic rings. The number of aliphatic carboxylic acids is 1. The van der Waals surface area contributed by atoms with Crippen molar-refractivity contribution in [3.05, 3.63) is 12.2 Å². The van der Waals surface area contributed by atoms with Crippen LogP contribution in [0.1, 0.15) is 6.42 Å². The topological polar surface area (TPSA) is 118 Å². The lowest BCUT2D eigenvalue weighted by atomic mass is 10.1. The molecule has 14 heavy (non-hydrogen) atoms. The van der Waals surface area contributed by atoms with E-state index in [1.54, 1.807) is 12.2 Å². The predicted octanol–water partition coefficient (Wildman–Crippen LogP) is -0.522. The summed E-state index contributed by atoms with van der Waals surface area (Å²) in [5.41, 5.74) is 5.41. The Morgan fingerprint density at radius 1 is 1.50 bits per heavy atom. The summed E-state index contributed by atoms with van der Waals surface area (Å²) in [6.45, 7) is 0. The Morgan fingerprint density at radius 2 is 1.93 bits per heavy atom. The highest BCUT2D eigenvalue weighted by atomic mass is 32.2. The highest BCUT2D eigenvalue weighted by molar-refractivity contribution is 7.85. The van der Waals surface area contributed by atoms with Gasteiger partial charge in [-0.05, 0) is 6.42 Å². The average Bonchev–Trinajstić information content (AvgIpc) is 2.31. The SMILES string of the molecule is CS(=O)(=O)O.N[C@H]1C=C[C@@H](C(=O)O)C1. The Morgan fingerprint density at radius 3 is 2.07 bits per heavy atom. The molecule has 0 saturated carbocycles. The van der Waals surface area contributed by atoms with Gasteiger partial charge in [0.1, 0.15) is 0 Å². The molecular weight excluding hydrogens is 210 g/mol. The van der Waals surface area contributed by atoms with Crippen LogP contribution in [0.15, 0.2) is 12.2 Å². The minimum atomic E-state index is -3.67. The molecule has 0 bridgehead atoms. The van der Waals surface area contributed by atoms with Crippen LogP contribution in [-0.4, -0.2) is 36.3 Å². The number of carboxylic acid groups (broad SMARTS) is 1. The Labute approximate surface area is 82.2 Å². The molecular formula is C7H13NO5S. The zero-order valence-electron chi connectivity index (χ0n) is 7.62. The van der Waals surface area contributed by atoms with E-state index in [2.05, 4.69) is 0 Å². The molecule has 2 atom stereocenters. The second-order valence-electron chi connectivity index (χ2n) is 2.96. The maximum absolute atomic E-state index is 10.2. The number of hydrogen-bond acceptors (Lipinski definition) is 4. The van der Waals surface area contributed by atoms with Gasteiger partial charge in [0.15, 0.2) is 0 Å². The zero-order chi connectivity index (χ0) is 11.4. The van der Waals surface area contributed by atoms with Crippen molar-refractivity contribution in [3.63, 3.8) is 0 Å². The van der Waals surface area contributed by atoms with Gasteiger partial charge in [0.05, 0.1) is 12.2 Å². The fourth-order valence-electron chi connectivity index (χ4n) is 0.910. The van der Waals surface area contributed by atoms with E-state index in [1.807, 2.05) is 0 Å². The van der Waals surface area contributed by atoms with Crippen LogP contribution in [0.4, 0.5) is 0 Å². The number of rotatable bonds is 1. The maximum atomic E-state index is 10.2. The van der Waals surface area contributed by atoms with E-state index in [-0.39, 0.29) is 12.0 Å². The third-order valence-electron chi connectivity index (χ3n) is 1.43. The first kappa shape index (κ1) is 13.1. The molecule has 0 spiro atoms. The fraction of sp³-hybridized carbons (Fsp3) is 0.571. The molecule has 0 heterocycles. The first-order valence-electron chi connectivity index (χ1n) is 3.79. The third kappa shape index (κ3) is 7.71. The van der Waals surface area contributed by atoms with Crippen molar-refractivity contribution in [1.29, 1.82) is 0 Å². The van der Waals surface area contributed by atoms with Crippen LogP contribution in [0.2, 0.25) is 0 Å². The Hall–Kier alpha value is -0.920. The quantitative estimate of drug-likeness (QED) is 0.406. The van der Waals surface area contributed by atoms with Crippen molar-refractivity contribution in [2.24, 2.45) is 11.7 Å². The van der Waals surface area contributed by atoms with Gasteiger partial charge in [0.25, 0.3) is 10.1 Å². The lowest BCUT2D eigenvalue weighted by Crippen LogP contribution is -2.18. The molecule has 0 aromatic carbocycles. The molecule has 0 saturated heterocycles. The van der Waals surface area contributed by atoms with Gasteiger partial charge in [0, 0.05) is 6.04 Å². The minimum absolute atomic E-state index is 0.0499. The predicted molar refractivity (Wildman–Crippen MR) is 50.3 cm³/mol. The van der Waals surface area contributed by atoms with Crippen molar-refractivity contribution in [2.75, 3.05) is 6.26 Å². The van der Waals surface area contributed by atoms with Crippen molar-refractivity contribution < 1.29 is 22.9 Å². The molecule has 1 aliphatic rings. The summed E-state index contributed by atoms with van der Waals surface area (Å²) >= 11 is 0. The first-order valence-corrected chi connectivity index (χ1v) is 5.64. The van der Waals surface area contributed by atoms with Crippen LogP contribution in [0.3, 0.4) is 0 Å². The molecule has 4 N–H and O–H groups in total. The molecule has 0 amide bonds. The number of nitrogens with two attached hydrogens (primary N) is 1. The summed E-state index contributed by atoms with van der Waals surface area (Å²) in [6.07, 6.45) is 4.65. The second-order valence-corrected chi connectivity index (χ2v) is 4.43. The Balaban J connectivity index is 0.000000292. The summed E-state index contributed by atoms with van der Waals surface area (Å²) in [6, 6.07) is -0.0499. The van der Waals surface area contributed by atoms with Gasteiger partial charge < -0.3 is 10.8 Å². The average molecular weight is 223 g/mol. The van der Waals surface area contributed by atoms with Gasteiger partial charge in [-0.25, -0.2) is 0 Å². The molecule has 1 aliphatic carbocycles. The van der Waals surface area contributed by atoms with Gasteiger partial charge in [-0.2, -0.15) is 8.42 Å². The molecule has 6 nitrogen and oxygen atoms in total. The first-order chi connectivity index (χ1) is 6.20. The lowest BCUT2D eigenvalue weighted by Gasteiger charge is -2.00. The highest BCUT2D eigenvalue weighted by Crippen LogP contribution is 2.15. The van der Waals surface area contributed by atoms with Crippen LogP contribution < -0.4 is 5.73 Å². The number of carboxylic acids is 1. The smallest absolute Gasteiger partial charge is 0.310 e. The summed E-state index contributed by atoms with van der Waals surface area (Å²) in [4.78, 5) is 10.2. The molecule has 0 aromatic heterocycles. The van der Waals surface area contributed by atoms with Gasteiger partial charge in [-0.1, -0.05) is 12.2 Å². The summed E-state index contributed by atoms with van der Waals surface area (Å²) < 4.78 is 25.9. The molecule has 0 unspecified atom stereocenters. The normalized spacial score (nSPS) is 25.4. The van der Waals surface area contributed by atoms with E-state index in [0.29, 0.717) is 12.7 Å². The zero-order valence-corrected chi connectivity index (χ0v) is 8.44. The van der Waals surface area contributed by atoms with Crippen LogP contribution in [0.25, 0.3) is 0 Å². The van der Waals surface area contributed by atoms with E-state index < -0.39 is 16.1 Å². The minimum Gasteiger partial charge on any atom is -0.481 e. The molecule has 1 rings (SSSR count). The third-order valence-corrected chi connectivity index (χ3v) is 1.43. The number of carbonyl (C=O) groups is 1. The van der Waals surface area contributed by atoms with Crippen molar-refractivity contribution >= 4 is 16.1 Å². The standard InChI is InChI=1S/C6H9NO2.CH4O3S/c7-5-2-1-4(3-5)6(8)9;1-5(2,3)4/h1-2,4-5H,3,7H2,(H,8,9);1H3,(H,2,3,4)/t4-,5+;/m1./s1. The summed E-state index contributed by atoms with van der Waals surface area (Å²) in [5, 5.41) is 8.42. The van der Waals surface area contributed by atoms with Gasteiger partial charge in [-0.3, -0.25) is 9.35 Å². The second kappa shape index (κ2) is 5.08. The van der Waals surface area contributed by atoms with Crippen molar-refractivity contribution in [1.82, 2.24) is 0 Å². The Kier molecular flexibility index (Phi) is 4.75. The van der Waals surface area contributed by atoms with Gasteiger partial charge in [-0.15, -0.1) is 0 Å². The molecule has 0 radical (unpaired) electrons. The van der Waals surface area contributed by atoms with E-state index in [9.17, 15) is 13.2 Å². The highest BCUT2D eigenvalue weighted by Gasteiger charge is 2.21. The van der Waals surface area contributed by atoms with Crippen molar-refractivity contribution in [3.8, 4) is 0 Å². The van der Waals surface area contributed by atoms with E-state index in [4.69, 9.17) is 15.4 Å². The van der Waals surface area contributed by atoms with Crippen LogP contribution in [0.5, 0.6) is 0 Å². The molecule has 82 valence electrons. The van der Waals surface area contributed by atoms with E-state index in [1.165, 1.54) is 0 Å². The van der Waals surface area contributed by atoms with Gasteiger partial charge >= 0.3 is 5.97 Å². The molecule has 0 aliphatic heterocycles. The van der Waals surface area contributed by atoms with Crippen LogP contribution >= 0.6 is 0 Å². The summed E-state index contributed by atoms with van der Waals surface area (Å²) in [7, 11) is -3.67. The van der Waals surface area contributed by atoms with Crippen LogP contribution in [-0.2, 0) is 14.9 Å². The largest absolute Gasteiger partial charge is 0.481 e. The molecule has 7 heteroatoms. The maximum Gasteiger partial charge on any atom is 0.310 e.